The summed E-state index contributed by atoms with van der Waals surface area (Å²) in [5.41, 5.74) is 9.43. The van der Waals surface area contributed by atoms with Crippen molar-refractivity contribution in [2.45, 2.75) is 130 Å². The summed E-state index contributed by atoms with van der Waals surface area (Å²) in [6.45, 7) is 15.9. The number of phenolic OH excluding ortho intramolecular Hbond substituents is 1. The number of likely N-dealkylation sites (tertiary alicyclic amines) is 1. The second kappa shape index (κ2) is 20.1. The van der Waals surface area contributed by atoms with Gasteiger partial charge in [0.05, 0.1) is 55.3 Å². The first-order valence-electron chi connectivity index (χ1n) is 24.8. The maximum absolute atomic E-state index is 14.7. The van der Waals surface area contributed by atoms with E-state index in [0.29, 0.717) is 57.5 Å². The quantitative estimate of drug-likeness (QED) is 0.155. The molecular formula is C53H71N7O9. The van der Waals surface area contributed by atoms with Crippen molar-refractivity contribution in [3.63, 3.8) is 0 Å². The monoisotopic (exact) mass is 950 g/mol. The second-order valence-corrected chi connectivity index (χ2v) is 21.0. The van der Waals surface area contributed by atoms with Crippen LogP contribution in [0.4, 0.5) is 0 Å². The Hall–Kier alpha value is -5.42. The molecular weight excluding hydrogens is 879 g/mol. The van der Waals surface area contributed by atoms with Crippen molar-refractivity contribution in [3.05, 3.63) is 58.9 Å². The predicted octanol–water partition coefficient (Wildman–Crippen LogP) is 5.46. The Morgan fingerprint density at radius 1 is 1.04 bits per heavy atom. The molecule has 3 amide bonds. The molecule has 16 heteroatoms. The zero-order valence-electron chi connectivity index (χ0n) is 41.9. The standard InChI is InChI=1S/C53H71N7O9/c1-10-59-43-16-15-34-25-39(43)40(47(59)38-13-11-18-54-45(38)32(4)67-9)26-52(5,6)29-68-50(65)41-14-12-19-60(56-41)49(64)42(23-33-21-36(34)24-37(61)22-33)55-27-44(62)46(31(2)3)57(8)48(63)35-17-20-58(28-35)51(66)53(7)30-69-53/h15-16,18,21-22,24-25,31-32,35,41-42,46,55-56,61H,10-14,17,19-20,23,26-30H2,1-9H3/t32-,35-,41-,42-,46-,53?/m0/s1. The number of cyclic esters (lactones) is 1. The number of hydrogen-bond acceptors (Lipinski definition) is 12. The van der Waals surface area contributed by atoms with Gasteiger partial charge in [0.25, 0.3) is 11.8 Å². The molecule has 6 bridgehead atoms. The van der Waals surface area contributed by atoms with E-state index in [1.807, 2.05) is 33.1 Å². The van der Waals surface area contributed by atoms with Crippen LogP contribution in [-0.4, -0.2) is 144 Å². The van der Waals surface area contributed by atoms with Crippen molar-refractivity contribution in [3.8, 4) is 16.9 Å². The number of aliphatic imine (C=N–C) groups is 1. The number of phenols is 1. The number of aryl methyl sites for hydroxylation is 1. The first kappa shape index (κ1) is 50.0. The maximum atomic E-state index is 14.7. The van der Waals surface area contributed by atoms with Gasteiger partial charge in [-0.25, -0.2) is 5.43 Å². The number of esters is 1. The Labute approximate surface area is 405 Å². The van der Waals surface area contributed by atoms with E-state index < -0.39 is 41.0 Å². The molecule has 0 saturated carbocycles. The van der Waals surface area contributed by atoms with Crippen molar-refractivity contribution in [2.24, 2.45) is 22.2 Å². The molecule has 0 aliphatic carbocycles. The van der Waals surface area contributed by atoms with Gasteiger partial charge in [0.1, 0.15) is 11.8 Å². The number of ketones is 1. The Bertz CT molecular complexity index is 2560. The number of epoxide rings is 1. The number of allylic oxidation sites excluding steroid dienone is 1. The zero-order chi connectivity index (χ0) is 49.5. The Morgan fingerprint density at radius 3 is 2.52 bits per heavy atom. The normalized spacial score (nSPS) is 24.9. The first-order valence-corrected chi connectivity index (χ1v) is 24.8. The molecule has 69 heavy (non-hydrogen) atoms. The number of benzene rings is 2. The van der Waals surface area contributed by atoms with E-state index in [4.69, 9.17) is 19.2 Å². The summed E-state index contributed by atoms with van der Waals surface area (Å²) >= 11 is 0. The second-order valence-electron chi connectivity index (χ2n) is 21.0. The topological polar surface area (TPSA) is 188 Å². The number of aromatic hydroxyl groups is 1. The SMILES string of the molecule is CCn1c(C2=C([C@H](C)OC)N=CCC2)c2c3cc(ccc31)-c1cc(O)cc(c1)C[C@H](NCC(=O)[C@H](C(C)C)N(C)C(=O)[C@H]1CCN(C(=O)C3(C)CO3)C1)C(=O)N1CCC[C@H](N1)C(=O)OCC(C)(C)C2. The molecule has 0 radical (unpaired) electrons. The summed E-state index contributed by atoms with van der Waals surface area (Å²) in [4.78, 5) is 78.0. The maximum Gasteiger partial charge on any atom is 0.324 e. The molecule has 3 fully saturated rings. The number of fused-ring (bicyclic) bond motifs is 6. The number of methoxy groups -OCH3 is 1. The third-order valence-corrected chi connectivity index (χ3v) is 14.7. The zero-order valence-corrected chi connectivity index (χ0v) is 41.9. The lowest BCUT2D eigenvalue weighted by molar-refractivity contribution is -0.155. The van der Waals surface area contributed by atoms with Crippen molar-refractivity contribution < 1.29 is 43.3 Å². The highest BCUT2D eigenvalue weighted by Crippen LogP contribution is 2.42. The smallest absolute Gasteiger partial charge is 0.324 e. The lowest BCUT2D eigenvalue weighted by Crippen LogP contribution is -2.60. The molecule has 6 heterocycles. The minimum absolute atomic E-state index is 0.0284. The van der Waals surface area contributed by atoms with Crippen LogP contribution in [0.5, 0.6) is 5.75 Å². The van der Waals surface area contributed by atoms with E-state index >= 15 is 0 Å². The van der Waals surface area contributed by atoms with Gasteiger partial charge in [-0.15, -0.1) is 0 Å². The van der Waals surface area contributed by atoms with Crippen molar-refractivity contribution in [1.82, 2.24) is 30.1 Å². The van der Waals surface area contributed by atoms with Crippen LogP contribution in [0.2, 0.25) is 0 Å². The molecule has 1 aromatic heterocycles. The Balaban J connectivity index is 1.13. The van der Waals surface area contributed by atoms with E-state index in [9.17, 15) is 29.1 Å². The van der Waals surface area contributed by atoms with E-state index in [2.05, 4.69) is 54.3 Å². The van der Waals surface area contributed by atoms with Gasteiger partial charge in [0, 0.05) is 68.4 Å². The number of Topliss-reactive ketones (excluding diaryl/α,β-unsaturated/α-hetero) is 1. The van der Waals surface area contributed by atoms with Crippen LogP contribution < -0.4 is 10.7 Å². The van der Waals surface area contributed by atoms with Gasteiger partial charge in [-0.3, -0.25) is 39.3 Å². The van der Waals surface area contributed by atoms with E-state index in [1.54, 1.807) is 38.1 Å². The van der Waals surface area contributed by atoms with Crippen molar-refractivity contribution in [2.75, 3.05) is 53.6 Å². The Kier molecular flexibility index (Phi) is 14.6. The highest BCUT2D eigenvalue weighted by Gasteiger charge is 2.51. The molecule has 1 unspecified atom stereocenters. The number of hydrazine groups is 1. The molecule has 3 saturated heterocycles. The lowest BCUT2D eigenvalue weighted by atomic mass is 9.83. The number of carbonyl (C=O) groups excluding carboxylic acids is 5. The van der Waals surface area contributed by atoms with Gasteiger partial charge in [0.15, 0.2) is 11.4 Å². The fourth-order valence-electron chi connectivity index (χ4n) is 10.9. The average molecular weight is 950 g/mol. The number of carbonyl (C=O) groups is 5. The largest absolute Gasteiger partial charge is 0.508 e. The van der Waals surface area contributed by atoms with E-state index in [0.717, 1.165) is 57.4 Å². The minimum Gasteiger partial charge on any atom is -0.508 e. The van der Waals surface area contributed by atoms with Crippen molar-refractivity contribution >= 4 is 52.2 Å². The molecule has 8 rings (SSSR count). The summed E-state index contributed by atoms with van der Waals surface area (Å²) < 4.78 is 19.7. The number of likely N-dealkylation sites (N-methyl/N-ethyl adjacent to an activating group) is 1. The predicted molar refractivity (Wildman–Crippen MR) is 263 cm³/mol. The van der Waals surface area contributed by atoms with E-state index in [-0.39, 0.29) is 67.4 Å². The van der Waals surface area contributed by atoms with Crippen LogP contribution in [0.15, 0.2) is 47.1 Å². The highest BCUT2D eigenvalue weighted by molar-refractivity contribution is 5.96. The van der Waals surface area contributed by atoms with Gasteiger partial charge in [0.2, 0.25) is 5.91 Å². The van der Waals surface area contributed by atoms with Gasteiger partial charge < -0.3 is 33.7 Å². The number of ether oxygens (including phenoxy) is 3. The molecule has 372 valence electrons. The lowest BCUT2D eigenvalue weighted by Gasteiger charge is -2.36. The van der Waals surface area contributed by atoms with Crippen molar-refractivity contribution in [1.29, 1.82) is 0 Å². The fourth-order valence-corrected chi connectivity index (χ4v) is 10.9. The summed E-state index contributed by atoms with van der Waals surface area (Å²) in [5.74, 6) is -2.10. The van der Waals surface area contributed by atoms with E-state index in [1.165, 1.54) is 9.91 Å². The first-order chi connectivity index (χ1) is 32.8. The highest BCUT2D eigenvalue weighted by atomic mass is 16.6. The molecule has 0 spiro atoms. The summed E-state index contributed by atoms with van der Waals surface area (Å²) in [5, 5.41) is 17.1. The molecule has 3 N–H and O–H groups in total. The van der Waals surface area contributed by atoms with Gasteiger partial charge in [-0.2, -0.15) is 0 Å². The molecule has 3 aromatic rings. The number of nitrogens with one attached hydrogen (secondary N) is 2. The van der Waals surface area contributed by atoms with Crippen LogP contribution in [0.1, 0.15) is 97.4 Å². The Morgan fingerprint density at radius 2 is 1.81 bits per heavy atom. The third kappa shape index (κ3) is 10.4. The molecule has 2 aromatic carbocycles. The van der Waals surface area contributed by atoms with Crippen LogP contribution >= 0.6 is 0 Å². The number of nitrogens with zero attached hydrogens (tertiary/aromatic N) is 5. The molecule has 6 atom stereocenters. The third-order valence-electron chi connectivity index (χ3n) is 14.7. The van der Waals surface area contributed by atoms with Crippen LogP contribution in [0.25, 0.3) is 27.6 Å². The number of rotatable bonds is 12. The molecule has 5 aliphatic rings. The van der Waals surface area contributed by atoms with Gasteiger partial charge in [-0.1, -0.05) is 39.8 Å². The van der Waals surface area contributed by atoms with Crippen LogP contribution in [0.3, 0.4) is 0 Å². The average Bonchev–Trinajstić information content (AvgIpc) is 3.76. The number of hydrogen-bond donors (Lipinski definition) is 3. The van der Waals surface area contributed by atoms with Gasteiger partial charge >= 0.3 is 5.97 Å². The fraction of sp³-hybridized carbons (Fsp3) is 0.585. The number of aromatic nitrogens is 1. The minimum atomic E-state index is -0.969. The summed E-state index contributed by atoms with van der Waals surface area (Å²) in [6, 6.07) is 9.14. The molecule has 5 aliphatic heterocycles. The summed E-state index contributed by atoms with van der Waals surface area (Å²) in [6.07, 6.45) is 5.51. The molecule has 16 nitrogen and oxygen atoms in total. The van der Waals surface area contributed by atoms with Gasteiger partial charge in [-0.05, 0) is 118 Å². The summed E-state index contributed by atoms with van der Waals surface area (Å²) in [7, 11) is 3.33. The number of amides is 3. The van der Waals surface area contributed by atoms with Crippen LogP contribution in [0, 0.1) is 17.3 Å². The van der Waals surface area contributed by atoms with Crippen LogP contribution in [-0.2, 0) is 57.6 Å².